The van der Waals surface area contributed by atoms with Crippen LogP contribution in [0, 0.1) is 27.7 Å². The standard InChI is InChI=1S/C19H22ClN5O/c1-11-17(13(3)24(5)22-11)19(26)21-18-12(2)23-25(14(18)4)10-15-8-6-7-9-16(15)20/h6-9H,10H2,1-5H3,(H,21,26). The molecule has 0 saturated carbocycles. The Morgan fingerprint density at radius 3 is 2.38 bits per heavy atom. The first-order chi connectivity index (χ1) is 12.3. The van der Waals surface area contributed by atoms with E-state index in [9.17, 15) is 4.79 Å². The number of hydrogen-bond acceptors (Lipinski definition) is 3. The monoisotopic (exact) mass is 371 g/mol. The number of amides is 1. The van der Waals surface area contributed by atoms with Gasteiger partial charge in [-0.1, -0.05) is 29.8 Å². The molecule has 0 unspecified atom stereocenters. The molecule has 0 aliphatic rings. The van der Waals surface area contributed by atoms with Crippen molar-refractivity contribution in [2.75, 3.05) is 5.32 Å². The third-order valence-electron chi connectivity index (χ3n) is 4.63. The Hall–Kier alpha value is -2.60. The molecule has 0 bridgehead atoms. The van der Waals surface area contributed by atoms with E-state index in [-0.39, 0.29) is 5.91 Å². The Kier molecular flexibility index (Phi) is 4.87. The zero-order valence-electron chi connectivity index (χ0n) is 15.6. The summed E-state index contributed by atoms with van der Waals surface area (Å²) in [6, 6.07) is 7.68. The first-order valence-corrected chi connectivity index (χ1v) is 8.76. The second kappa shape index (κ2) is 6.96. The molecule has 1 aromatic carbocycles. The van der Waals surface area contributed by atoms with E-state index in [4.69, 9.17) is 11.6 Å². The molecule has 1 N–H and O–H groups in total. The lowest BCUT2D eigenvalue weighted by atomic mass is 10.1. The summed E-state index contributed by atoms with van der Waals surface area (Å²) >= 11 is 6.25. The van der Waals surface area contributed by atoms with Crippen LogP contribution in [0.2, 0.25) is 5.02 Å². The lowest BCUT2D eigenvalue weighted by Crippen LogP contribution is -2.15. The Morgan fingerprint density at radius 1 is 1.08 bits per heavy atom. The van der Waals surface area contributed by atoms with Gasteiger partial charge >= 0.3 is 0 Å². The summed E-state index contributed by atoms with van der Waals surface area (Å²) < 4.78 is 3.57. The minimum Gasteiger partial charge on any atom is -0.319 e. The van der Waals surface area contributed by atoms with Gasteiger partial charge in [0.15, 0.2) is 0 Å². The fourth-order valence-electron chi connectivity index (χ4n) is 3.10. The summed E-state index contributed by atoms with van der Waals surface area (Å²) in [5.41, 5.74) is 5.50. The van der Waals surface area contributed by atoms with E-state index in [1.165, 1.54) is 0 Å². The maximum absolute atomic E-state index is 12.8. The van der Waals surface area contributed by atoms with Crippen molar-refractivity contribution in [2.45, 2.75) is 34.2 Å². The first kappa shape index (κ1) is 18.2. The minimum atomic E-state index is -0.170. The van der Waals surface area contributed by atoms with Crippen molar-refractivity contribution in [3.8, 4) is 0 Å². The topological polar surface area (TPSA) is 64.7 Å². The summed E-state index contributed by atoms with van der Waals surface area (Å²) in [4.78, 5) is 12.8. The van der Waals surface area contributed by atoms with E-state index in [0.29, 0.717) is 22.8 Å². The fourth-order valence-corrected chi connectivity index (χ4v) is 3.29. The number of hydrogen-bond donors (Lipinski definition) is 1. The molecule has 2 aromatic heterocycles. The number of carbonyl (C=O) groups is 1. The number of halogens is 1. The summed E-state index contributed by atoms with van der Waals surface area (Å²) in [5.74, 6) is -0.170. The van der Waals surface area contributed by atoms with Crippen LogP contribution >= 0.6 is 11.6 Å². The first-order valence-electron chi connectivity index (χ1n) is 8.38. The molecular weight excluding hydrogens is 350 g/mol. The third kappa shape index (κ3) is 3.24. The van der Waals surface area contributed by atoms with Gasteiger partial charge in [-0.3, -0.25) is 14.2 Å². The highest BCUT2D eigenvalue weighted by molar-refractivity contribution is 6.31. The molecular formula is C19H22ClN5O. The van der Waals surface area contributed by atoms with Crippen molar-refractivity contribution < 1.29 is 4.79 Å². The smallest absolute Gasteiger partial charge is 0.259 e. The highest BCUT2D eigenvalue weighted by Gasteiger charge is 2.21. The molecule has 3 rings (SSSR count). The largest absolute Gasteiger partial charge is 0.319 e. The average Bonchev–Trinajstić information content (AvgIpc) is 2.99. The van der Waals surface area contributed by atoms with Crippen molar-refractivity contribution in [2.24, 2.45) is 7.05 Å². The fraction of sp³-hybridized carbons (Fsp3) is 0.316. The molecule has 0 aliphatic heterocycles. The summed E-state index contributed by atoms with van der Waals surface area (Å²) in [5, 5.41) is 12.6. The minimum absolute atomic E-state index is 0.170. The van der Waals surface area contributed by atoms with Crippen molar-refractivity contribution in [1.29, 1.82) is 0 Å². The van der Waals surface area contributed by atoms with Crippen LogP contribution in [0.4, 0.5) is 5.69 Å². The van der Waals surface area contributed by atoms with Gasteiger partial charge in [0.25, 0.3) is 5.91 Å². The zero-order valence-corrected chi connectivity index (χ0v) is 16.3. The second-order valence-electron chi connectivity index (χ2n) is 6.42. The molecule has 26 heavy (non-hydrogen) atoms. The maximum atomic E-state index is 12.8. The van der Waals surface area contributed by atoms with E-state index in [2.05, 4.69) is 15.5 Å². The van der Waals surface area contributed by atoms with E-state index in [0.717, 1.165) is 28.3 Å². The average molecular weight is 372 g/mol. The molecule has 0 saturated heterocycles. The summed E-state index contributed by atoms with van der Waals surface area (Å²) in [7, 11) is 1.83. The number of nitrogens with one attached hydrogen (secondary N) is 1. The molecule has 7 heteroatoms. The van der Waals surface area contributed by atoms with Crippen molar-refractivity contribution in [3.63, 3.8) is 0 Å². The Labute approximate surface area is 157 Å². The number of anilines is 1. The van der Waals surface area contributed by atoms with Gasteiger partial charge in [-0.15, -0.1) is 0 Å². The number of benzene rings is 1. The van der Waals surface area contributed by atoms with E-state index in [1.807, 2.05) is 63.7 Å². The van der Waals surface area contributed by atoms with Gasteiger partial charge in [-0.25, -0.2) is 0 Å². The van der Waals surface area contributed by atoms with Gasteiger partial charge in [0.05, 0.1) is 34.9 Å². The maximum Gasteiger partial charge on any atom is 0.259 e. The van der Waals surface area contributed by atoms with Crippen LogP contribution in [0.15, 0.2) is 24.3 Å². The Bertz CT molecular complexity index is 986. The van der Waals surface area contributed by atoms with Crippen LogP contribution < -0.4 is 5.32 Å². The molecule has 6 nitrogen and oxygen atoms in total. The summed E-state index contributed by atoms with van der Waals surface area (Å²) in [6.07, 6.45) is 0. The molecule has 136 valence electrons. The van der Waals surface area contributed by atoms with Gasteiger partial charge in [0.1, 0.15) is 0 Å². The van der Waals surface area contributed by atoms with Crippen molar-refractivity contribution in [3.05, 3.63) is 63.2 Å². The predicted octanol–water partition coefficient (Wildman–Crippen LogP) is 3.80. The Balaban J connectivity index is 1.89. The normalized spacial score (nSPS) is 11.0. The third-order valence-corrected chi connectivity index (χ3v) is 5.00. The van der Waals surface area contributed by atoms with Crippen LogP contribution in [-0.2, 0) is 13.6 Å². The quantitative estimate of drug-likeness (QED) is 0.758. The SMILES string of the molecule is Cc1nn(Cc2ccccc2Cl)c(C)c1NC(=O)c1c(C)nn(C)c1C. The van der Waals surface area contributed by atoms with Crippen LogP contribution in [0.3, 0.4) is 0 Å². The highest BCUT2D eigenvalue weighted by atomic mass is 35.5. The predicted molar refractivity (Wildman–Crippen MR) is 103 cm³/mol. The van der Waals surface area contributed by atoms with Crippen LogP contribution in [0.1, 0.15) is 38.7 Å². The molecule has 0 aliphatic carbocycles. The van der Waals surface area contributed by atoms with Gasteiger partial charge < -0.3 is 5.32 Å². The number of carbonyl (C=O) groups excluding carboxylic acids is 1. The summed E-state index contributed by atoms with van der Waals surface area (Å²) in [6.45, 7) is 8.09. The molecule has 2 heterocycles. The molecule has 0 fully saturated rings. The zero-order chi connectivity index (χ0) is 19.0. The molecule has 0 radical (unpaired) electrons. The van der Waals surface area contributed by atoms with Gasteiger partial charge in [-0.05, 0) is 39.3 Å². The van der Waals surface area contributed by atoms with Crippen molar-refractivity contribution >= 4 is 23.2 Å². The lowest BCUT2D eigenvalue weighted by molar-refractivity contribution is 0.102. The number of aromatic nitrogens is 4. The number of aryl methyl sites for hydroxylation is 3. The van der Waals surface area contributed by atoms with E-state index < -0.39 is 0 Å². The Morgan fingerprint density at radius 2 is 1.77 bits per heavy atom. The molecule has 1 amide bonds. The van der Waals surface area contributed by atoms with E-state index in [1.54, 1.807) is 4.68 Å². The van der Waals surface area contributed by atoms with Crippen LogP contribution in [-0.4, -0.2) is 25.5 Å². The lowest BCUT2D eigenvalue weighted by Gasteiger charge is -2.08. The van der Waals surface area contributed by atoms with Gasteiger partial charge in [0, 0.05) is 17.8 Å². The van der Waals surface area contributed by atoms with E-state index >= 15 is 0 Å². The van der Waals surface area contributed by atoms with Crippen molar-refractivity contribution in [1.82, 2.24) is 19.6 Å². The van der Waals surface area contributed by atoms with Crippen LogP contribution in [0.5, 0.6) is 0 Å². The highest BCUT2D eigenvalue weighted by Crippen LogP contribution is 2.24. The second-order valence-corrected chi connectivity index (χ2v) is 6.83. The molecule has 0 atom stereocenters. The van der Waals surface area contributed by atoms with Gasteiger partial charge in [-0.2, -0.15) is 10.2 Å². The van der Waals surface area contributed by atoms with Crippen LogP contribution in [0.25, 0.3) is 0 Å². The van der Waals surface area contributed by atoms with Gasteiger partial charge in [0.2, 0.25) is 0 Å². The number of rotatable bonds is 4. The number of nitrogens with zero attached hydrogens (tertiary/aromatic N) is 4. The molecule has 3 aromatic rings. The molecule has 0 spiro atoms.